The maximum atomic E-state index is 12.3. The number of imide groups is 1. The Morgan fingerprint density at radius 2 is 1.63 bits per heavy atom. The fourth-order valence-corrected chi connectivity index (χ4v) is 3.89. The number of nitrogens with one attached hydrogen (secondary N) is 4. The first-order valence-corrected chi connectivity index (χ1v) is 12.6. The van der Waals surface area contributed by atoms with Crippen LogP contribution in [-0.2, 0) is 40.0 Å². The molecule has 1 aliphatic heterocycles. The Kier molecular flexibility index (Phi) is 12.6. The van der Waals surface area contributed by atoms with E-state index in [1.54, 1.807) is 31.2 Å². The van der Waals surface area contributed by atoms with Gasteiger partial charge in [0.1, 0.15) is 12.3 Å². The van der Waals surface area contributed by atoms with Crippen LogP contribution >= 0.6 is 0 Å². The van der Waals surface area contributed by atoms with Crippen LogP contribution < -0.4 is 21.3 Å². The van der Waals surface area contributed by atoms with Crippen LogP contribution in [0.15, 0.2) is 30.3 Å². The van der Waals surface area contributed by atoms with Crippen molar-refractivity contribution in [3.05, 3.63) is 35.9 Å². The maximum Gasteiger partial charge on any atom is 0.243 e. The first kappa shape index (κ1) is 30.1. The lowest BCUT2D eigenvalue weighted by Crippen LogP contribution is -2.51. The van der Waals surface area contributed by atoms with E-state index in [0.29, 0.717) is 32.1 Å². The minimum atomic E-state index is -0.938. The highest BCUT2D eigenvalue weighted by Gasteiger charge is 2.34. The SMILES string of the molecule is CC1CC(=O)N(CCCCCC(=O)NCC(=O)NCC(=O)NC(Cc2ccccc2)C(=O)NCC=O)C1=O. The van der Waals surface area contributed by atoms with E-state index < -0.39 is 30.3 Å². The second kappa shape index (κ2) is 15.9. The van der Waals surface area contributed by atoms with Crippen LogP contribution in [0, 0.1) is 5.92 Å². The lowest BCUT2D eigenvalue weighted by Gasteiger charge is -2.18. The van der Waals surface area contributed by atoms with E-state index in [4.69, 9.17) is 0 Å². The monoisotopic (exact) mass is 529 g/mol. The largest absolute Gasteiger partial charge is 0.348 e. The lowest BCUT2D eigenvalue weighted by atomic mass is 10.1. The molecular formula is C26H35N5O7. The minimum absolute atomic E-state index is 0.152. The van der Waals surface area contributed by atoms with E-state index in [1.807, 2.05) is 6.07 Å². The quantitative estimate of drug-likeness (QED) is 0.124. The molecule has 1 aliphatic rings. The molecule has 0 saturated carbocycles. The number of hydrogen-bond donors (Lipinski definition) is 4. The third kappa shape index (κ3) is 10.5. The lowest BCUT2D eigenvalue weighted by molar-refractivity contribution is -0.139. The summed E-state index contributed by atoms with van der Waals surface area (Å²) in [5.74, 6) is -2.61. The summed E-state index contributed by atoms with van der Waals surface area (Å²) in [4.78, 5) is 84.1. The first-order chi connectivity index (χ1) is 18.2. The van der Waals surface area contributed by atoms with Gasteiger partial charge >= 0.3 is 0 Å². The molecule has 12 heteroatoms. The molecule has 0 aliphatic carbocycles. The second-order valence-corrected chi connectivity index (χ2v) is 9.07. The third-order valence-electron chi connectivity index (χ3n) is 5.94. The normalized spacial score (nSPS) is 15.5. The Balaban J connectivity index is 1.64. The highest BCUT2D eigenvalue weighted by molar-refractivity contribution is 6.03. The molecule has 6 amide bonds. The molecule has 1 aromatic rings. The predicted octanol–water partition coefficient (Wildman–Crippen LogP) is -0.783. The van der Waals surface area contributed by atoms with Crippen molar-refractivity contribution in [3.63, 3.8) is 0 Å². The van der Waals surface area contributed by atoms with Gasteiger partial charge < -0.3 is 26.1 Å². The van der Waals surface area contributed by atoms with Gasteiger partial charge in [0.15, 0.2) is 0 Å². The van der Waals surface area contributed by atoms with Gasteiger partial charge in [-0.15, -0.1) is 0 Å². The smallest absolute Gasteiger partial charge is 0.243 e. The van der Waals surface area contributed by atoms with Crippen molar-refractivity contribution in [3.8, 4) is 0 Å². The van der Waals surface area contributed by atoms with Crippen LogP contribution in [0.5, 0.6) is 0 Å². The summed E-state index contributed by atoms with van der Waals surface area (Å²) in [6, 6.07) is 8.07. The number of carbonyl (C=O) groups is 7. The van der Waals surface area contributed by atoms with E-state index >= 15 is 0 Å². The zero-order chi connectivity index (χ0) is 27.9. The molecule has 0 bridgehead atoms. The van der Waals surface area contributed by atoms with Crippen molar-refractivity contribution in [2.75, 3.05) is 26.2 Å². The van der Waals surface area contributed by atoms with Crippen molar-refractivity contribution in [1.29, 1.82) is 0 Å². The van der Waals surface area contributed by atoms with Gasteiger partial charge in [0.05, 0.1) is 19.6 Å². The molecule has 0 aromatic heterocycles. The molecule has 2 atom stereocenters. The van der Waals surface area contributed by atoms with Crippen molar-refractivity contribution < 1.29 is 33.6 Å². The number of aldehydes is 1. The van der Waals surface area contributed by atoms with Gasteiger partial charge in [-0.05, 0) is 18.4 Å². The van der Waals surface area contributed by atoms with Gasteiger partial charge in [0.25, 0.3) is 0 Å². The molecular weight excluding hydrogens is 494 g/mol. The molecule has 206 valence electrons. The van der Waals surface area contributed by atoms with Crippen LogP contribution in [0.25, 0.3) is 0 Å². The van der Waals surface area contributed by atoms with Crippen LogP contribution in [0.1, 0.15) is 44.6 Å². The Morgan fingerprint density at radius 1 is 0.947 bits per heavy atom. The average Bonchev–Trinajstić information content (AvgIpc) is 3.14. The molecule has 1 aromatic carbocycles. The van der Waals surface area contributed by atoms with E-state index in [2.05, 4.69) is 21.3 Å². The predicted molar refractivity (Wildman–Crippen MR) is 136 cm³/mol. The number of amides is 6. The molecule has 1 heterocycles. The third-order valence-corrected chi connectivity index (χ3v) is 5.94. The number of likely N-dealkylation sites (tertiary alicyclic amines) is 1. The fraction of sp³-hybridized carbons (Fsp3) is 0.500. The zero-order valence-corrected chi connectivity index (χ0v) is 21.5. The summed E-state index contributed by atoms with van der Waals surface area (Å²) in [6.45, 7) is 1.18. The van der Waals surface area contributed by atoms with E-state index in [9.17, 15) is 33.6 Å². The molecule has 4 N–H and O–H groups in total. The van der Waals surface area contributed by atoms with Crippen LogP contribution in [0.3, 0.4) is 0 Å². The molecule has 0 radical (unpaired) electrons. The van der Waals surface area contributed by atoms with Crippen LogP contribution in [-0.4, -0.2) is 78.9 Å². The minimum Gasteiger partial charge on any atom is -0.348 e. The second-order valence-electron chi connectivity index (χ2n) is 9.07. The Bertz CT molecular complexity index is 1010. The summed E-state index contributed by atoms with van der Waals surface area (Å²) in [5.41, 5.74) is 0.804. The number of nitrogens with zero attached hydrogens (tertiary/aromatic N) is 1. The fourth-order valence-electron chi connectivity index (χ4n) is 3.89. The van der Waals surface area contributed by atoms with Gasteiger partial charge in [0, 0.05) is 31.7 Å². The van der Waals surface area contributed by atoms with Gasteiger partial charge in [-0.1, -0.05) is 43.7 Å². The molecule has 1 fully saturated rings. The summed E-state index contributed by atoms with van der Waals surface area (Å²) < 4.78 is 0. The molecule has 12 nitrogen and oxygen atoms in total. The Morgan fingerprint density at radius 3 is 2.29 bits per heavy atom. The molecule has 2 rings (SSSR count). The number of carbonyl (C=O) groups excluding carboxylic acids is 7. The van der Waals surface area contributed by atoms with Crippen molar-refractivity contribution in [1.82, 2.24) is 26.2 Å². The van der Waals surface area contributed by atoms with Crippen molar-refractivity contribution in [2.45, 2.75) is 51.5 Å². The zero-order valence-electron chi connectivity index (χ0n) is 21.5. The molecule has 1 saturated heterocycles. The topological polar surface area (TPSA) is 171 Å². The number of rotatable bonds is 16. The van der Waals surface area contributed by atoms with Gasteiger partial charge in [-0.25, -0.2) is 0 Å². The highest BCUT2D eigenvalue weighted by Crippen LogP contribution is 2.19. The van der Waals surface area contributed by atoms with Crippen LogP contribution in [0.4, 0.5) is 0 Å². The maximum absolute atomic E-state index is 12.3. The number of unbranched alkanes of at least 4 members (excludes halogenated alkanes) is 2. The summed E-state index contributed by atoms with van der Waals surface area (Å²) in [6.07, 6.45) is 2.95. The first-order valence-electron chi connectivity index (χ1n) is 12.6. The van der Waals surface area contributed by atoms with Gasteiger partial charge in [0.2, 0.25) is 35.4 Å². The van der Waals surface area contributed by atoms with Gasteiger partial charge in [-0.2, -0.15) is 0 Å². The van der Waals surface area contributed by atoms with E-state index in [1.165, 1.54) is 4.90 Å². The Labute approximate surface area is 221 Å². The summed E-state index contributed by atoms with van der Waals surface area (Å²) in [5, 5.41) is 9.82. The van der Waals surface area contributed by atoms with Crippen molar-refractivity contribution in [2.24, 2.45) is 5.92 Å². The Hall–Kier alpha value is -4.09. The standard InChI is InChI=1S/C26H35N5O7/c1-18-14-24(36)31(26(18)38)12-7-3-6-10-21(33)28-16-22(34)29-17-23(35)30-20(25(37)27-11-13-32)15-19-8-4-2-5-9-19/h2,4-5,8-9,13,18,20H,3,6-7,10-12,14-17H2,1H3,(H,27,37)(H,28,33)(H,29,34)(H,30,35). The molecule has 0 spiro atoms. The number of benzene rings is 1. The molecule has 38 heavy (non-hydrogen) atoms. The van der Waals surface area contributed by atoms with E-state index in [-0.39, 0.29) is 56.0 Å². The van der Waals surface area contributed by atoms with Crippen molar-refractivity contribution >= 4 is 41.7 Å². The highest BCUT2D eigenvalue weighted by atomic mass is 16.2. The summed E-state index contributed by atoms with van der Waals surface area (Å²) >= 11 is 0. The number of hydrogen-bond acceptors (Lipinski definition) is 7. The average molecular weight is 530 g/mol. The molecule has 2 unspecified atom stereocenters. The van der Waals surface area contributed by atoms with Gasteiger partial charge in [-0.3, -0.25) is 33.7 Å². The van der Waals surface area contributed by atoms with Crippen LogP contribution in [0.2, 0.25) is 0 Å². The summed E-state index contributed by atoms with van der Waals surface area (Å²) in [7, 11) is 0. The van der Waals surface area contributed by atoms with E-state index in [0.717, 1.165) is 5.56 Å².